The second-order valence-electron chi connectivity index (χ2n) is 3.55. The molecule has 0 aliphatic heterocycles. The first-order valence-electron chi connectivity index (χ1n) is 5.44. The van der Waals surface area contributed by atoms with Gasteiger partial charge >= 0.3 is 0 Å². The summed E-state index contributed by atoms with van der Waals surface area (Å²) in [5, 5.41) is 0. The maximum Gasteiger partial charge on any atom is 0.203 e. The van der Waals surface area contributed by atoms with Crippen LogP contribution in [0.25, 0.3) is 0 Å². The molecule has 0 saturated carbocycles. The van der Waals surface area contributed by atoms with Gasteiger partial charge in [-0.2, -0.15) is 0 Å². The number of ether oxygens (including phenoxy) is 1. The third kappa shape index (κ3) is 3.63. The number of nitrogens with zero attached hydrogens (tertiary/aromatic N) is 2. The summed E-state index contributed by atoms with van der Waals surface area (Å²) in [5.74, 6) is 0.851. The van der Waals surface area contributed by atoms with E-state index < -0.39 is 0 Å². The largest absolute Gasteiger partial charge is 0.493 e. The van der Waals surface area contributed by atoms with Crippen LogP contribution in [0.3, 0.4) is 0 Å². The van der Waals surface area contributed by atoms with Crippen LogP contribution >= 0.6 is 15.9 Å². The minimum atomic E-state index is -0.118. The van der Waals surface area contributed by atoms with Crippen LogP contribution in [0.15, 0.2) is 47.2 Å². The Morgan fingerprint density at radius 1 is 1.17 bits per heavy atom. The summed E-state index contributed by atoms with van der Waals surface area (Å²) in [6.45, 7) is 0.318. The van der Waals surface area contributed by atoms with Gasteiger partial charge in [0.1, 0.15) is 5.75 Å². The molecule has 0 spiro atoms. The molecule has 1 heterocycles. The van der Waals surface area contributed by atoms with Gasteiger partial charge in [0.05, 0.1) is 6.61 Å². The van der Waals surface area contributed by atoms with E-state index in [1.165, 1.54) is 0 Å². The third-order valence-electron chi connectivity index (χ3n) is 2.23. The van der Waals surface area contributed by atoms with Gasteiger partial charge in [0.15, 0.2) is 5.82 Å². The van der Waals surface area contributed by atoms with Crippen molar-refractivity contribution in [3.8, 4) is 5.75 Å². The number of hydrogen-bond donors (Lipinski definition) is 0. The van der Waals surface area contributed by atoms with Gasteiger partial charge < -0.3 is 4.74 Å². The summed E-state index contributed by atoms with van der Waals surface area (Å²) >= 11 is 3.34. The van der Waals surface area contributed by atoms with E-state index in [0.717, 1.165) is 10.2 Å². The summed E-state index contributed by atoms with van der Waals surface area (Å²) in [4.78, 5) is 19.5. The first kappa shape index (κ1) is 12.7. The van der Waals surface area contributed by atoms with Gasteiger partial charge in [-0.15, -0.1) is 0 Å². The quantitative estimate of drug-likeness (QED) is 0.797. The number of benzene rings is 1. The summed E-state index contributed by atoms with van der Waals surface area (Å²) in [6, 6.07) is 9.13. The van der Waals surface area contributed by atoms with Crippen molar-refractivity contribution in [2.75, 3.05) is 6.61 Å². The summed E-state index contributed by atoms with van der Waals surface area (Å²) in [6.07, 6.45) is 3.37. The van der Waals surface area contributed by atoms with E-state index in [4.69, 9.17) is 4.74 Å². The molecule has 0 aliphatic carbocycles. The summed E-state index contributed by atoms with van der Waals surface area (Å²) in [7, 11) is 0. The number of aromatic nitrogens is 2. The maximum atomic E-state index is 11.7. The second-order valence-corrected chi connectivity index (χ2v) is 4.46. The highest BCUT2D eigenvalue weighted by atomic mass is 79.9. The first-order chi connectivity index (χ1) is 8.75. The van der Waals surface area contributed by atoms with Gasteiger partial charge in [-0.1, -0.05) is 15.9 Å². The van der Waals surface area contributed by atoms with Crippen molar-refractivity contribution in [1.82, 2.24) is 9.97 Å². The highest BCUT2D eigenvalue weighted by molar-refractivity contribution is 9.10. The molecule has 0 atom stereocenters. The Bertz CT molecular complexity index is 514. The van der Waals surface area contributed by atoms with E-state index in [1.807, 2.05) is 24.3 Å². The van der Waals surface area contributed by atoms with Crippen molar-refractivity contribution in [1.29, 1.82) is 0 Å². The number of Topliss-reactive ketones (excluding diaryl/α,β-unsaturated/α-hetero) is 1. The number of carbonyl (C=O) groups is 1. The van der Waals surface area contributed by atoms with E-state index in [9.17, 15) is 4.79 Å². The van der Waals surface area contributed by atoms with Crippen LogP contribution in [0.4, 0.5) is 0 Å². The number of hydrogen-bond acceptors (Lipinski definition) is 4. The standard InChI is InChI=1S/C13H11BrN2O2/c14-10-2-4-11(5-3-10)18-9-6-12(17)13-15-7-1-8-16-13/h1-5,7-8H,6,9H2. The van der Waals surface area contributed by atoms with Gasteiger partial charge in [-0.25, -0.2) is 9.97 Å². The SMILES string of the molecule is O=C(CCOc1ccc(Br)cc1)c1ncccn1. The lowest BCUT2D eigenvalue weighted by Gasteiger charge is -2.05. The van der Waals surface area contributed by atoms with Crippen LogP contribution in [0.5, 0.6) is 5.75 Å². The van der Waals surface area contributed by atoms with Crippen LogP contribution in [0, 0.1) is 0 Å². The molecular weight excluding hydrogens is 296 g/mol. The predicted octanol–water partition coefficient (Wildman–Crippen LogP) is 2.89. The number of carbonyl (C=O) groups excluding carboxylic acids is 1. The lowest BCUT2D eigenvalue weighted by Crippen LogP contribution is -2.09. The van der Waals surface area contributed by atoms with E-state index in [2.05, 4.69) is 25.9 Å². The van der Waals surface area contributed by atoms with E-state index in [1.54, 1.807) is 18.5 Å². The molecule has 0 radical (unpaired) electrons. The van der Waals surface area contributed by atoms with Gasteiger partial charge in [0, 0.05) is 23.3 Å². The minimum Gasteiger partial charge on any atom is -0.493 e. The Morgan fingerprint density at radius 3 is 2.50 bits per heavy atom. The normalized spacial score (nSPS) is 10.1. The first-order valence-corrected chi connectivity index (χ1v) is 6.23. The topological polar surface area (TPSA) is 52.1 Å². The van der Waals surface area contributed by atoms with E-state index in [0.29, 0.717) is 6.61 Å². The van der Waals surface area contributed by atoms with Gasteiger partial charge in [-0.3, -0.25) is 4.79 Å². The van der Waals surface area contributed by atoms with Crippen LogP contribution < -0.4 is 4.74 Å². The van der Waals surface area contributed by atoms with Crippen LogP contribution in [-0.2, 0) is 0 Å². The van der Waals surface area contributed by atoms with E-state index in [-0.39, 0.29) is 18.0 Å². The zero-order chi connectivity index (χ0) is 12.8. The highest BCUT2D eigenvalue weighted by Crippen LogP contribution is 2.16. The third-order valence-corrected chi connectivity index (χ3v) is 2.76. The smallest absolute Gasteiger partial charge is 0.203 e. The highest BCUT2D eigenvalue weighted by Gasteiger charge is 2.08. The van der Waals surface area contributed by atoms with Crippen LogP contribution in [0.2, 0.25) is 0 Å². The molecule has 1 aromatic carbocycles. The van der Waals surface area contributed by atoms with Crippen LogP contribution in [0.1, 0.15) is 17.0 Å². The molecule has 2 aromatic rings. The molecule has 18 heavy (non-hydrogen) atoms. The molecule has 1 aromatic heterocycles. The number of rotatable bonds is 5. The average Bonchev–Trinajstić information content (AvgIpc) is 2.42. The van der Waals surface area contributed by atoms with E-state index >= 15 is 0 Å². The van der Waals surface area contributed by atoms with Crippen molar-refractivity contribution < 1.29 is 9.53 Å². The molecule has 0 bridgehead atoms. The Labute approximate surface area is 113 Å². The second kappa shape index (κ2) is 6.26. The van der Waals surface area contributed by atoms with Gasteiger partial charge in [0.2, 0.25) is 5.78 Å². The fourth-order valence-electron chi connectivity index (χ4n) is 1.35. The fourth-order valence-corrected chi connectivity index (χ4v) is 1.61. The maximum absolute atomic E-state index is 11.7. The lowest BCUT2D eigenvalue weighted by molar-refractivity contribution is 0.0952. The molecule has 0 fully saturated rings. The van der Waals surface area contributed by atoms with Crippen molar-refractivity contribution in [2.45, 2.75) is 6.42 Å². The minimum absolute atomic E-state index is 0.118. The Morgan fingerprint density at radius 2 is 1.83 bits per heavy atom. The lowest BCUT2D eigenvalue weighted by atomic mass is 10.3. The zero-order valence-corrected chi connectivity index (χ0v) is 11.1. The predicted molar refractivity (Wildman–Crippen MR) is 70.6 cm³/mol. The van der Waals surface area contributed by atoms with Crippen molar-refractivity contribution in [3.63, 3.8) is 0 Å². The Hall–Kier alpha value is -1.75. The molecular formula is C13H11BrN2O2. The molecule has 0 amide bonds. The molecule has 0 unspecified atom stereocenters. The molecule has 2 rings (SSSR count). The van der Waals surface area contributed by atoms with Crippen LogP contribution in [-0.4, -0.2) is 22.4 Å². The molecule has 0 aliphatic rings. The van der Waals surface area contributed by atoms with Crippen molar-refractivity contribution in [2.24, 2.45) is 0 Å². The number of halogens is 1. The van der Waals surface area contributed by atoms with Gasteiger partial charge in [0.25, 0.3) is 0 Å². The monoisotopic (exact) mass is 306 g/mol. The fraction of sp³-hybridized carbons (Fsp3) is 0.154. The molecule has 0 saturated heterocycles. The summed E-state index contributed by atoms with van der Waals surface area (Å²) in [5.41, 5.74) is 0. The Balaban J connectivity index is 1.82. The Kier molecular flexibility index (Phi) is 4.41. The molecule has 5 heteroatoms. The average molecular weight is 307 g/mol. The molecule has 92 valence electrons. The zero-order valence-electron chi connectivity index (χ0n) is 9.54. The molecule has 0 N–H and O–H groups in total. The van der Waals surface area contributed by atoms with Crippen molar-refractivity contribution in [3.05, 3.63) is 53.0 Å². The molecule has 4 nitrogen and oxygen atoms in total. The summed E-state index contributed by atoms with van der Waals surface area (Å²) < 4.78 is 6.45. The van der Waals surface area contributed by atoms with Crippen molar-refractivity contribution >= 4 is 21.7 Å². The van der Waals surface area contributed by atoms with Gasteiger partial charge in [-0.05, 0) is 30.3 Å². The number of ketones is 1.